The number of rotatable bonds is 7. The molecule has 1 fully saturated rings. The first-order valence-electron chi connectivity index (χ1n) is 12.6. The Bertz CT molecular complexity index is 1480. The third-order valence-electron chi connectivity index (χ3n) is 7.17. The number of piperidine rings is 1. The van der Waals surface area contributed by atoms with E-state index in [4.69, 9.17) is 15.5 Å². The molecule has 4 N–H and O–H groups in total. The Labute approximate surface area is 216 Å². The molecule has 0 amide bonds. The average Bonchev–Trinajstić information content (AvgIpc) is 2.89. The number of ether oxygens (including phenoxy) is 1. The summed E-state index contributed by atoms with van der Waals surface area (Å²) in [5, 5.41) is 4.66. The van der Waals surface area contributed by atoms with Gasteiger partial charge in [0, 0.05) is 25.5 Å². The largest absolute Gasteiger partial charge is 0.383 e. The van der Waals surface area contributed by atoms with Crippen LogP contribution in [0.5, 0.6) is 0 Å². The molecule has 4 heterocycles. The first kappa shape index (κ1) is 24.9. The van der Waals surface area contributed by atoms with Crippen LogP contribution in [0.1, 0.15) is 35.6 Å². The fourth-order valence-electron chi connectivity index (χ4n) is 5.09. The fraction of sp³-hybridized carbons (Fsp3) is 0.357. The van der Waals surface area contributed by atoms with E-state index in [-0.39, 0.29) is 5.56 Å². The Morgan fingerprint density at radius 3 is 2.68 bits per heavy atom. The molecule has 192 valence electrons. The van der Waals surface area contributed by atoms with Gasteiger partial charge in [-0.15, -0.1) is 0 Å². The first-order valence-corrected chi connectivity index (χ1v) is 12.6. The summed E-state index contributed by atoms with van der Waals surface area (Å²) in [4.78, 5) is 31.6. The molecule has 1 aliphatic heterocycles. The zero-order chi connectivity index (χ0) is 25.9. The van der Waals surface area contributed by atoms with Crippen molar-refractivity contribution in [2.24, 2.45) is 0 Å². The summed E-state index contributed by atoms with van der Waals surface area (Å²) >= 11 is 0. The maximum atomic E-state index is 12.8. The Balaban J connectivity index is 1.43. The molecule has 0 atom stereocenters. The van der Waals surface area contributed by atoms with Crippen LogP contribution in [0.3, 0.4) is 0 Å². The number of benzene rings is 1. The van der Waals surface area contributed by atoms with E-state index in [1.54, 1.807) is 19.5 Å². The highest BCUT2D eigenvalue weighted by Crippen LogP contribution is 2.33. The normalized spacial score (nSPS) is 14.8. The van der Waals surface area contributed by atoms with Gasteiger partial charge in [0.15, 0.2) is 0 Å². The van der Waals surface area contributed by atoms with E-state index >= 15 is 0 Å². The Morgan fingerprint density at radius 2 is 1.95 bits per heavy atom. The zero-order valence-electron chi connectivity index (χ0n) is 21.5. The van der Waals surface area contributed by atoms with Gasteiger partial charge in [-0.2, -0.15) is 0 Å². The quantitative estimate of drug-likeness (QED) is 0.347. The van der Waals surface area contributed by atoms with Crippen LogP contribution in [0, 0.1) is 13.8 Å². The molecule has 0 spiro atoms. The predicted molar refractivity (Wildman–Crippen MR) is 147 cm³/mol. The van der Waals surface area contributed by atoms with Crippen LogP contribution in [0.25, 0.3) is 22.2 Å². The lowest BCUT2D eigenvalue weighted by Gasteiger charge is -2.32. The molecule has 1 aromatic carbocycles. The van der Waals surface area contributed by atoms with Crippen LogP contribution in [0.15, 0.2) is 47.5 Å². The van der Waals surface area contributed by atoms with Gasteiger partial charge in [-0.05, 0) is 86.5 Å². The fourth-order valence-corrected chi connectivity index (χ4v) is 5.09. The van der Waals surface area contributed by atoms with Crippen LogP contribution in [-0.4, -0.2) is 58.2 Å². The summed E-state index contributed by atoms with van der Waals surface area (Å²) in [6, 6.07) is 10.1. The zero-order valence-corrected chi connectivity index (χ0v) is 21.5. The number of hydrogen-bond donors (Lipinski definition) is 3. The second-order valence-electron chi connectivity index (χ2n) is 9.66. The average molecular weight is 500 g/mol. The number of nitrogen functional groups attached to an aromatic ring is 1. The Morgan fingerprint density at radius 1 is 1.14 bits per heavy atom. The summed E-state index contributed by atoms with van der Waals surface area (Å²) in [5.74, 6) is 1.41. The summed E-state index contributed by atoms with van der Waals surface area (Å²) < 4.78 is 5.23. The van der Waals surface area contributed by atoms with Crippen molar-refractivity contribution in [3.05, 3.63) is 69.9 Å². The van der Waals surface area contributed by atoms with Crippen molar-refractivity contribution in [2.75, 3.05) is 44.4 Å². The third-order valence-corrected chi connectivity index (χ3v) is 7.17. The summed E-state index contributed by atoms with van der Waals surface area (Å²) in [6.07, 6.45) is 5.52. The number of nitrogens with one attached hydrogen (secondary N) is 2. The predicted octanol–water partition coefficient (Wildman–Crippen LogP) is 4.15. The number of H-pyrrole nitrogens is 1. The lowest BCUT2D eigenvalue weighted by atomic mass is 9.86. The van der Waals surface area contributed by atoms with Crippen LogP contribution >= 0.6 is 0 Å². The second kappa shape index (κ2) is 10.7. The molecule has 9 heteroatoms. The van der Waals surface area contributed by atoms with Gasteiger partial charge in [-0.25, -0.2) is 15.0 Å². The SMILES string of the molecule is COCCN1CCC(c2ccc(Nc3nc(-c4cnc(N)c(C)n4)cc4cc[nH]c(=O)c34)cc2C)CC1. The van der Waals surface area contributed by atoms with Gasteiger partial charge < -0.3 is 25.7 Å². The van der Waals surface area contributed by atoms with Crippen LogP contribution in [-0.2, 0) is 4.74 Å². The van der Waals surface area contributed by atoms with Crippen molar-refractivity contribution >= 4 is 28.1 Å². The number of likely N-dealkylation sites (tertiary alicyclic amines) is 1. The van der Waals surface area contributed by atoms with E-state index in [1.807, 2.05) is 19.1 Å². The minimum atomic E-state index is -0.202. The summed E-state index contributed by atoms with van der Waals surface area (Å²) in [5.41, 5.74) is 11.0. The smallest absolute Gasteiger partial charge is 0.259 e. The van der Waals surface area contributed by atoms with E-state index in [0.717, 1.165) is 50.2 Å². The molecule has 0 radical (unpaired) electrons. The highest BCUT2D eigenvalue weighted by molar-refractivity contribution is 5.94. The number of aromatic nitrogens is 4. The third kappa shape index (κ3) is 5.33. The van der Waals surface area contributed by atoms with Crippen molar-refractivity contribution in [2.45, 2.75) is 32.6 Å². The van der Waals surface area contributed by atoms with E-state index in [2.05, 4.69) is 50.3 Å². The van der Waals surface area contributed by atoms with E-state index in [0.29, 0.717) is 40.0 Å². The molecule has 0 bridgehead atoms. The molecule has 1 saturated heterocycles. The Kier molecular flexibility index (Phi) is 7.16. The molecule has 0 saturated carbocycles. The van der Waals surface area contributed by atoms with Gasteiger partial charge in [-0.3, -0.25) is 4.79 Å². The maximum absolute atomic E-state index is 12.8. The van der Waals surface area contributed by atoms with Crippen LogP contribution < -0.4 is 16.6 Å². The highest BCUT2D eigenvalue weighted by atomic mass is 16.5. The number of anilines is 3. The standard InChI is InChI=1S/C28H33N7O2/c1-17-14-21(4-5-22(17)19-7-10-35(11-8-19)12-13-37-3)33-27-25-20(6-9-30-28(25)36)15-23(34-27)24-16-31-26(29)18(2)32-24/h4-6,9,14-16,19H,7-8,10-13H2,1-3H3,(H2,29,31)(H,30,36)(H,33,34). The van der Waals surface area contributed by atoms with Crippen molar-refractivity contribution in [1.82, 2.24) is 24.8 Å². The lowest BCUT2D eigenvalue weighted by molar-refractivity contribution is 0.130. The molecule has 4 aromatic rings. The topological polar surface area (TPSA) is 122 Å². The number of methoxy groups -OCH3 is 1. The maximum Gasteiger partial charge on any atom is 0.259 e. The number of nitrogens with zero attached hydrogens (tertiary/aromatic N) is 4. The van der Waals surface area contributed by atoms with Gasteiger partial charge >= 0.3 is 0 Å². The molecular formula is C28H33N7O2. The van der Waals surface area contributed by atoms with Crippen molar-refractivity contribution in [3.63, 3.8) is 0 Å². The van der Waals surface area contributed by atoms with Gasteiger partial charge in [-0.1, -0.05) is 6.07 Å². The molecule has 0 aliphatic carbocycles. The minimum absolute atomic E-state index is 0.202. The number of hydrogen-bond acceptors (Lipinski definition) is 8. The highest BCUT2D eigenvalue weighted by Gasteiger charge is 2.22. The number of fused-ring (bicyclic) bond motifs is 1. The second-order valence-corrected chi connectivity index (χ2v) is 9.66. The molecule has 0 unspecified atom stereocenters. The molecule has 9 nitrogen and oxygen atoms in total. The number of aryl methyl sites for hydroxylation is 2. The molecule has 5 rings (SSSR count). The summed E-state index contributed by atoms with van der Waals surface area (Å²) in [6.45, 7) is 7.91. The Hall–Kier alpha value is -3.82. The monoisotopic (exact) mass is 499 g/mol. The molecule has 1 aliphatic rings. The number of pyridine rings is 2. The van der Waals surface area contributed by atoms with Crippen LogP contribution in [0.2, 0.25) is 0 Å². The van der Waals surface area contributed by atoms with Crippen LogP contribution in [0.4, 0.5) is 17.3 Å². The van der Waals surface area contributed by atoms with Gasteiger partial charge in [0.25, 0.3) is 5.56 Å². The number of nitrogens with two attached hydrogens (primary N) is 1. The van der Waals surface area contributed by atoms with Gasteiger partial charge in [0.1, 0.15) is 17.3 Å². The van der Waals surface area contributed by atoms with Crippen molar-refractivity contribution in [3.8, 4) is 11.4 Å². The minimum Gasteiger partial charge on any atom is -0.383 e. The molecule has 3 aromatic heterocycles. The first-order chi connectivity index (χ1) is 17.9. The van der Waals surface area contributed by atoms with E-state index < -0.39 is 0 Å². The molecular weight excluding hydrogens is 466 g/mol. The molecule has 37 heavy (non-hydrogen) atoms. The van der Waals surface area contributed by atoms with Gasteiger partial charge in [0.05, 0.1) is 29.6 Å². The van der Waals surface area contributed by atoms with Crippen molar-refractivity contribution in [1.29, 1.82) is 0 Å². The van der Waals surface area contributed by atoms with Gasteiger partial charge in [0.2, 0.25) is 0 Å². The lowest BCUT2D eigenvalue weighted by Crippen LogP contribution is -2.35. The number of aromatic amines is 1. The van der Waals surface area contributed by atoms with E-state index in [9.17, 15) is 4.79 Å². The van der Waals surface area contributed by atoms with E-state index in [1.165, 1.54) is 11.1 Å². The van der Waals surface area contributed by atoms with Crippen molar-refractivity contribution < 1.29 is 4.74 Å². The summed E-state index contributed by atoms with van der Waals surface area (Å²) in [7, 11) is 1.75.